The van der Waals surface area contributed by atoms with E-state index >= 15 is 0 Å². The summed E-state index contributed by atoms with van der Waals surface area (Å²) in [6.45, 7) is 2.22. The zero-order valence-corrected chi connectivity index (χ0v) is 11.8. The van der Waals surface area contributed by atoms with Crippen molar-refractivity contribution in [3.8, 4) is 0 Å². The number of urea groups is 1. The highest BCUT2D eigenvalue weighted by atomic mass is 16.2. The second-order valence-corrected chi connectivity index (χ2v) is 5.71. The van der Waals surface area contributed by atoms with E-state index in [1.165, 1.54) is 19.3 Å². The Morgan fingerprint density at radius 1 is 1.25 bits per heavy atom. The van der Waals surface area contributed by atoms with Crippen molar-refractivity contribution in [2.75, 3.05) is 5.32 Å². The first-order chi connectivity index (χ1) is 9.74. The Balaban J connectivity index is 1.66. The Labute approximate surface area is 118 Å². The smallest absolute Gasteiger partial charge is 0.319 e. The van der Waals surface area contributed by atoms with E-state index in [4.69, 9.17) is 0 Å². The van der Waals surface area contributed by atoms with Gasteiger partial charge in [0.2, 0.25) is 0 Å². The van der Waals surface area contributed by atoms with Crippen LogP contribution in [-0.4, -0.2) is 17.1 Å². The molecule has 4 heteroatoms. The molecule has 0 radical (unpaired) electrons. The number of rotatable bonds is 2. The van der Waals surface area contributed by atoms with Crippen LogP contribution >= 0.6 is 0 Å². The molecule has 0 saturated heterocycles. The highest BCUT2D eigenvalue weighted by Crippen LogP contribution is 2.25. The number of amides is 2. The number of carbonyl (C=O) groups excluding carboxylic acids is 1. The molecular formula is C16H21N3O. The normalized spacial score (nSPS) is 22.6. The summed E-state index contributed by atoms with van der Waals surface area (Å²) in [4.78, 5) is 15.3. The molecule has 1 saturated carbocycles. The molecular weight excluding hydrogens is 250 g/mol. The highest BCUT2D eigenvalue weighted by Gasteiger charge is 2.22. The first-order valence-corrected chi connectivity index (χ1v) is 7.37. The predicted octanol–water partition coefficient (Wildman–Crippen LogP) is 3.87. The fourth-order valence-corrected chi connectivity index (χ4v) is 3.03. The minimum Gasteiger partial charge on any atom is -0.359 e. The van der Waals surface area contributed by atoms with Gasteiger partial charge in [-0.25, -0.2) is 4.79 Å². The van der Waals surface area contributed by atoms with Gasteiger partial charge in [-0.1, -0.05) is 38.0 Å². The summed E-state index contributed by atoms with van der Waals surface area (Å²) in [5, 5.41) is 7.10. The van der Waals surface area contributed by atoms with Crippen molar-refractivity contribution in [1.29, 1.82) is 0 Å². The summed E-state index contributed by atoms with van der Waals surface area (Å²) in [5.41, 5.74) is 1.87. The first-order valence-electron chi connectivity index (χ1n) is 7.37. The van der Waals surface area contributed by atoms with Gasteiger partial charge < -0.3 is 15.6 Å². The van der Waals surface area contributed by atoms with E-state index in [-0.39, 0.29) is 6.03 Å². The summed E-state index contributed by atoms with van der Waals surface area (Å²) >= 11 is 0. The fraction of sp³-hybridized carbons (Fsp3) is 0.438. The molecule has 1 aromatic carbocycles. The number of fused-ring (bicyclic) bond motifs is 1. The highest BCUT2D eigenvalue weighted by molar-refractivity contribution is 6.01. The van der Waals surface area contributed by atoms with Gasteiger partial charge in [-0.3, -0.25) is 0 Å². The molecule has 1 aliphatic rings. The van der Waals surface area contributed by atoms with Gasteiger partial charge in [0.25, 0.3) is 0 Å². The first kappa shape index (κ1) is 13.0. The van der Waals surface area contributed by atoms with Crippen molar-refractivity contribution in [2.24, 2.45) is 5.92 Å². The average molecular weight is 271 g/mol. The zero-order chi connectivity index (χ0) is 13.9. The van der Waals surface area contributed by atoms with Crippen LogP contribution in [0.5, 0.6) is 0 Å². The lowest BCUT2D eigenvalue weighted by Gasteiger charge is -2.29. The lowest BCUT2D eigenvalue weighted by atomic mass is 9.86. The van der Waals surface area contributed by atoms with Crippen LogP contribution in [0.15, 0.2) is 30.5 Å². The van der Waals surface area contributed by atoms with Crippen molar-refractivity contribution in [2.45, 2.75) is 38.6 Å². The molecule has 3 N–H and O–H groups in total. The van der Waals surface area contributed by atoms with E-state index in [0.717, 1.165) is 23.0 Å². The molecule has 0 aliphatic heterocycles. The lowest BCUT2D eigenvalue weighted by molar-refractivity contribution is 0.232. The van der Waals surface area contributed by atoms with Crippen molar-refractivity contribution in [3.05, 3.63) is 30.5 Å². The predicted molar refractivity (Wildman–Crippen MR) is 81.9 cm³/mol. The SMILES string of the molecule is C[C@H]1CCCC[C@@H]1NC(=O)Nc1c[nH]c2ccccc12. The summed E-state index contributed by atoms with van der Waals surface area (Å²) < 4.78 is 0. The monoisotopic (exact) mass is 271 g/mol. The Bertz CT molecular complexity index is 605. The summed E-state index contributed by atoms with van der Waals surface area (Å²) in [7, 11) is 0. The van der Waals surface area contributed by atoms with Gasteiger partial charge >= 0.3 is 6.03 Å². The van der Waals surface area contributed by atoms with Gasteiger partial charge in [0, 0.05) is 23.1 Å². The van der Waals surface area contributed by atoms with E-state index in [2.05, 4.69) is 22.5 Å². The number of carbonyl (C=O) groups is 1. The molecule has 1 heterocycles. The molecule has 4 nitrogen and oxygen atoms in total. The van der Waals surface area contributed by atoms with Crippen LogP contribution in [0.25, 0.3) is 10.9 Å². The minimum atomic E-state index is -0.103. The van der Waals surface area contributed by atoms with Crippen LogP contribution in [0.4, 0.5) is 10.5 Å². The van der Waals surface area contributed by atoms with Crippen LogP contribution in [0.2, 0.25) is 0 Å². The number of nitrogens with one attached hydrogen (secondary N) is 3. The Hall–Kier alpha value is -1.97. The van der Waals surface area contributed by atoms with E-state index in [1.807, 2.05) is 30.5 Å². The minimum absolute atomic E-state index is 0.103. The summed E-state index contributed by atoms with van der Waals surface area (Å²) in [5.74, 6) is 0.567. The van der Waals surface area contributed by atoms with Gasteiger partial charge in [-0.2, -0.15) is 0 Å². The molecule has 1 fully saturated rings. The van der Waals surface area contributed by atoms with Crippen LogP contribution in [0.3, 0.4) is 0 Å². The Morgan fingerprint density at radius 3 is 2.90 bits per heavy atom. The topological polar surface area (TPSA) is 56.9 Å². The third-order valence-electron chi connectivity index (χ3n) is 4.27. The van der Waals surface area contributed by atoms with E-state index in [0.29, 0.717) is 12.0 Å². The Morgan fingerprint density at radius 2 is 2.05 bits per heavy atom. The number of aromatic nitrogens is 1. The van der Waals surface area contributed by atoms with E-state index in [1.54, 1.807) is 0 Å². The largest absolute Gasteiger partial charge is 0.359 e. The lowest BCUT2D eigenvalue weighted by Crippen LogP contribution is -2.43. The van der Waals surface area contributed by atoms with Crippen molar-refractivity contribution < 1.29 is 4.79 Å². The van der Waals surface area contributed by atoms with Gasteiger partial charge in [0.15, 0.2) is 0 Å². The van der Waals surface area contributed by atoms with Crippen LogP contribution in [0.1, 0.15) is 32.6 Å². The van der Waals surface area contributed by atoms with Crippen LogP contribution in [0, 0.1) is 5.92 Å². The van der Waals surface area contributed by atoms with Crippen molar-refractivity contribution in [1.82, 2.24) is 10.3 Å². The second-order valence-electron chi connectivity index (χ2n) is 5.71. The maximum atomic E-state index is 12.1. The number of H-pyrrole nitrogens is 1. The molecule has 106 valence electrons. The third kappa shape index (κ3) is 2.64. The Kier molecular flexibility index (Phi) is 3.63. The molecule has 1 aromatic heterocycles. The van der Waals surface area contributed by atoms with E-state index in [9.17, 15) is 4.79 Å². The van der Waals surface area contributed by atoms with Gasteiger partial charge in [-0.15, -0.1) is 0 Å². The quantitative estimate of drug-likeness (QED) is 0.763. The second kappa shape index (κ2) is 5.57. The van der Waals surface area contributed by atoms with Crippen molar-refractivity contribution in [3.63, 3.8) is 0 Å². The average Bonchev–Trinajstić information content (AvgIpc) is 2.85. The van der Waals surface area contributed by atoms with Crippen LogP contribution < -0.4 is 10.6 Å². The van der Waals surface area contributed by atoms with E-state index < -0.39 is 0 Å². The fourth-order valence-electron chi connectivity index (χ4n) is 3.03. The zero-order valence-electron chi connectivity index (χ0n) is 11.8. The van der Waals surface area contributed by atoms with Gasteiger partial charge in [-0.05, 0) is 24.8 Å². The number of hydrogen-bond acceptors (Lipinski definition) is 1. The number of hydrogen-bond donors (Lipinski definition) is 3. The maximum absolute atomic E-state index is 12.1. The van der Waals surface area contributed by atoms with Crippen LogP contribution in [-0.2, 0) is 0 Å². The molecule has 0 unspecified atom stereocenters. The molecule has 2 atom stereocenters. The molecule has 20 heavy (non-hydrogen) atoms. The van der Waals surface area contributed by atoms with Crippen molar-refractivity contribution >= 4 is 22.6 Å². The van der Waals surface area contributed by atoms with Gasteiger partial charge in [0.1, 0.15) is 0 Å². The molecule has 3 rings (SSSR count). The maximum Gasteiger partial charge on any atom is 0.319 e. The molecule has 2 amide bonds. The summed E-state index contributed by atoms with van der Waals surface area (Å²) in [6, 6.07) is 8.16. The molecule has 0 bridgehead atoms. The number of para-hydroxylation sites is 1. The number of anilines is 1. The molecule has 1 aliphatic carbocycles. The molecule has 2 aromatic rings. The molecule has 0 spiro atoms. The standard InChI is InChI=1S/C16H21N3O/c1-11-6-2-4-8-13(11)18-16(20)19-15-10-17-14-9-5-3-7-12(14)15/h3,5,7,9-11,13,17H,2,4,6,8H2,1H3,(H2,18,19,20)/t11-,13-/m0/s1. The third-order valence-corrected chi connectivity index (χ3v) is 4.27. The van der Waals surface area contributed by atoms with Gasteiger partial charge in [0.05, 0.1) is 5.69 Å². The number of benzene rings is 1. The summed E-state index contributed by atoms with van der Waals surface area (Å²) in [6.07, 6.45) is 6.63. The number of aromatic amines is 1.